The number of aromatic nitrogens is 3. The maximum Gasteiger partial charge on any atom is 0.257 e. The van der Waals surface area contributed by atoms with Crippen LogP contribution in [0.5, 0.6) is 5.88 Å². The fourth-order valence-electron chi connectivity index (χ4n) is 1.63. The summed E-state index contributed by atoms with van der Waals surface area (Å²) in [6.07, 6.45) is 3.25. The smallest absolute Gasteiger partial charge is 0.257 e. The second-order valence-corrected chi connectivity index (χ2v) is 3.57. The maximum atomic E-state index is 11.6. The summed E-state index contributed by atoms with van der Waals surface area (Å²) >= 11 is 0. The van der Waals surface area contributed by atoms with Gasteiger partial charge in [0.15, 0.2) is 0 Å². The largest absolute Gasteiger partial charge is 0.474 e. The topological polar surface area (TPSA) is 69.0 Å². The highest BCUT2D eigenvalue weighted by atomic mass is 16.5. The first-order chi connectivity index (χ1) is 8.34. The van der Waals surface area contributed by atoms with Gasteiger partial charge in [-0.1, -0.05) is 6.07 Å². The molecule has 6 heteroatoms. The molecule has 2 aromatic heterocycles. The molecule has 0 aromatic carbocycles. The molecule has 0 saturated heterocycles. The van der Waals surface area contributed by atoms with Crippen LogP contribution in [0.2, 0.25) is 0 Å². The molecule has 6 nitrogen and oxygen atoms in total. The second-order valence-electron chi connectivity index (χ2n) is 3.57. The average molecular weight is 230 g/mol. The van der Waals surface area contributed by atoms with Crippen LogP contribution >= 0.6 is 0 Å². The van der Waals surface area contributed by atoms with Crippen LogP contribution < -0.4 is 15.6 Å². The van der Waals surface area contributed by atoms with E-state index in [9.17, 15) is 4.79 Å². The third-order valence-electron chi connectivity index (χ3n) is 2.44. The minimum Gasteiger partial charge on any atom is -0.474 e. The van der Waals surface area contributed by atoms with Crippen molar-refractivity contribution < 1.29 is 4.74 Å². The van der Waals surface area contributed by atoms with Crippen molar-refractivity contribution in [1.29, 1.82) is 0 Å². The van der Waals surface area contributed by atoms with Gasteiger partial charge >= 0.3 is 0 Å². The van der Waals surface area contributed by atoms with E-state index in [0.29, 0.717) is 18.4 Å². The molecule has 0 radical (unpaired) electrons. The lowest BCUT2D eigenvalue weighted by Gasteiger charge is -2.17. The highest BCUT2D eigenvalue weighted by Gasteiger charge is 2.13. The Kier molecular flexibility index (Phi) is 2.25. The predicted molar refractivity (Wildman–Crippen MR) is 61.6 cm³/mol. The molecule has 0 aliphatic carbocycles. The molecule has 3 rings (SSSR count). The first-order valence-corrected chi connectivity index (χ1v) is 5.26. The normalized spacial score (nSPS) is 13.4. The monoisotopic (exact) mass is 230 g/mol. The lowest BCUT2D eigenvalue weighted by molar-refractivity contribution is 0.309. The molecule has 0 saturated carbocycles. The van der Waals surface area contributed by atoms with Crippen LogP contribution in [-0.2, 0) is 0 Å². The quantitative estimate of drug-likeness (QED) is 0.769. The van der Waals surface area contributed by atoms with E-state index in [-0.39, 0.29) is 5.56 Å². The van der Waals surface area contributed by atoms with Crippen LogP contribution in [0.1, 0.15) is 0 Å². The Hall–Kier alpha value is -2.37. The summed E-state index contributed by atoms with van der Waals surface area (Å²) < 4.78 is 6.77. The molecule has 2 aromatic rings. The summed E-state index contributed by atoms with van der Waals surface area (Å²) in [6, 6.07) is 4.89. The van der Waals surface area contributed by atoms with Gasteiger partial charge in [-0.15, -0.1) is 0 Å². The van der Waals surface area contributed by atoms with Crippen molar-refractivity contribution in [3.8, 4) is 11.8 Å². The zero-order chi connectivity index (χ0) is 11.7. The third-order valence-corrected chi connectivity index (χ3v) is 2.44. The molecule has 1 aliphatic rings. The van der Waals surface area contributed by atoms with E-state index >= 15 is 0 Å². The fourth-order valence-corrected chi connectivity index (χ4v) is 1.63. The standard InChI is InChI=1S/C11H10N4O2/c16-9-3-1-2-5-15(9)11-13-7-8-10(14-11)17-6-4-12-8/h1-3,5,7,12H,4,6H2. The summed E-state index contributed by atoms with van der Waals surface area (Å²) in [5.41, 5.74) is 0.584. The van der Waals surface area contributed by atoms with Crippen molar-refractivity contribution >= 4 is 5.69 Å². The van der Waals surface area contributed by atoms with E-state index in [1.807, 2.05) is 0 Å². The zero-order valence-electron chi connectivity index (χ0n) is 8.96. The molecule has 1 N–H and O–H groups in total. The van der Waals surface area contributed by atoms with Gasteiger partial charge in [0.2, 0.25) is 11.8 Å². The van der Waals surface area contributed by atoms with E-state index in [2.05, 4.69) is 15.3 Å². The summed E-state index contributed by atoms with van der Waals surface area (Å²) in [5, 5.41) is 3.12. The Morgan fingerprint density at radius 3 is 3.24 bits per heavy atom. The molecule has 0 unspecified atom stereocenters. The lowest BCUT2D eigenvalue weighted by atomic mass is 10.4. The predicted octanol–water partition coefficient (Wildman–Crippen LogP) is 0.432. The van der Waals surface area contributed by atoms with Crippen molar-refractivity contribution in [2.75, 3.05) is 18.5 Å². The van der Waals surface area contributed by atoms with Gasteiger partial charge in [0.05, 0.1) is 6.20 Å². The fraction of sp³-hybridized carbons (Fsp3) is 0.182. The third kappa shape index (κ3) is 1.73. The molecule has 0 spiro atoms. The van der Waals surface area contributed by atoms with Crippen LogP contribution in [0.4, 0.5) is 5.69 Å². The Bertz CT molecular complexity index is 608. The summed E-state index contributed by atoms with van der Waals surface area (Å²) in [6.45, 7) is 1.30. The van der Waals surface area contributed by atoms with Gasteiger partial charge in [0.1, 0.15) is 12.3 Å². The van der Waals surface area contributed by atoms with Gasteiger partial charge in [0, 0.05) is 18.8 Å². The number of rotatable bonds is 1. The number of ether oxygens (including phenoxy) is 1. The number of nitrogens with zero attached hydrogens (tertiary/aromatic N) is 3. The number of nitrogens with one attached hydrogen (secondary N) is 1. The highest BCUT2D eigenvalue weighted by molar-refractivity contribution is 5.53. The Balaban J connectivity index is 2.10. The van der Waals surface area contributed by atoms with Gasteiger partial charge in [-0.3, -0.25) is 9.36 Å². The van der Waals surface area contributed by atoms with Gasteiger partial charge in [-0.05, 0) is 6.07 Å². The molecule has 86 valence electrons. The molecule has 0 amide bonds. The average Bonchev–Trinajstić information content (AvgIpc) is 2.39. The van der Waals surface area contributed by atoms with Crippen LogP contribution in [0, 0.1) is 0 Å². The Morgan fingerprint density at radius 1 is 1.41 bits per heavy atom. The first-order valence-electron chi connectivity index (χ1n) is 5.26. The van der Waals surface area contributed by atoms with E-state index < -0.39 is 0 Å². The van der Waals surface area contributed by atoms with Crippen molar-refractivity contribution in [2.24, 2.45) is 0 Å². The minimum absolute atomic E-state index is 0.170. The zero-order valence-corrected chi connectivity index (χ0v) is 8.96. The molecule has 0 atom stereocenters. The lowest BCUT2D eigenvalue weighted by Crippen LogP contribution is -2.22. The molecule has 1 aliphatic heterocycles. The molecule has 0 fully saturated rings. The van der Waals surface area contributed by atoms with Crippen LogP contribution in [0.3, 0.4) is 0 Å². The van der Waals surface area contributed by atoms with Gasteiger partial charge in [-0.2, -0.15) is 4.98 Å². The Morgan fingerprint density at radius 2 is 2.35 bits per heavy atom. The number of pyridine rings is 1. The van der Waals surface area contributed by atoms with Crippen LogP contribution in [-0.4, -0.2) is 27.7 Å². The van der Waals surface area contributed by atoms with Crippen molar-refractivity contribution in [1.82, 2.24) is 14.5 Å². The van der Waals surface area contributed by atoms with Crippen molar-refractivity contribution in [3.63, 3.8) is 0 Å². The molecule has 17 heavy (non-hydrogen) atoms. The maximum absolute atomic E-state index is 11.6. The highest BCUT2D eigenvalue weighted by Crippen LogP contribution is 2.23. The van der Waals surface area contributed by atoms with Gasteiger partial charge in [0.25, 0.3) is 5.56 Å². The van der Waals surface area contributed by atoms with Crippen molar-refractivity contribution in [3.05, 3.63) is 40.9 Å². The van der Waals surface area contributed by atoms with E-state index in [0.717, 1.165) is 12.2 Å². The molecular formula is C11H10N4O2. The SMILES string of the molecule is O=c1ccccn1-c1ncc2c(n1)OCCN2. The molecule has 3 heterocycles. The minimum atomic E-state index is -0.170. The second kappa shape index (κ2) is 3.89. The molecule has 0 bridgehead atoms. The number of hydrogen-bond acceptors (Lipinski definition) is 5. The van der Waals surface area contributed by atoms with Crippen LogP contribution in [0.25, 0.3) is 5.95 Å². The van der Waals surface area contributed by atoms with Gasteiger partial charge < -0.3 is 10.1 Å². The van der Waals surface area contributed by atoms with E-state index in [1.54, 1.807) is 24.5 Å². The van der Waals surface area contributed by atoms with Crippen molar-refractivity contribution in [2.45, 2.75) is 0 Å². The first kappa shape index (κ1) is 9.83. The summed E-state index contributed by atoms with van der Waals surface area (Å²) in [4.78, 5) is 20.0. The summed E-state index contributed by atoms with van der Waals surface area (Å²) in [5.74, 6) is 0.801. The van der Waals surface area contributed by atoms with Gasteiger partial charge in [-0.25, -0.2) is 4.98 Å². The molecular weight excluding hydrogens is 220 g/mol. The van der Waals surface area contributed by atoms with E-state index in [4.69, 9.17) is 4.74 Å². The number of hydrogen-bond donors (Lipinski definition) is 1. The Labute approximate surface area is 96.9 Å². The number of fused-ring (bicyclic) bond motifs is 1. The summed E-state index contributed by atoms with van der Waals surface area (Å²) in [7, 11) is 0. The number of anilines is 1. The van der Waals surface area contributed by atoms with Crippen LogP contribution in [0.15, 0.2) is 35.4 Å². The van der Waals surface area contributed by atoms with E-state index in [1.165, 1.54) is 10.6 Å².